The molecule has 2 aromatic heterocycles. The topological polar surface area (TPSA) is 158 Å². The minimum Gasteiger partial charge on any atom is -0.497 e. The number of anilines is 1. The summed E-state index contributed by atoms with van der Waals surface area (Å²) >= 11 is 1.27. The Morgan fingerprint density at radius 2 is 1.41 bits per heavy atom. The molecular formula is C52H63N6O9PS. The molecule has 0 bridgehead atoms. The van der Waals surface area contributed by atoms with Crippen molar-refractivity contribution >= 4 is 48.3 Å². The van der Waals surface area contributed by atoms with Gasteiger partial charge < -0.3 is 38.0 Å². The summed E-state index contributed by atoms with van der Waals surface area (Å²) in [6.45, 7) is 14.4. The van der Waals surface area contributed by atoms with E-state index in [1.54, 1.807) is 32.7 Å². The van der Waals surface area contributed by atoms with E-state index in [9.17, 15) is 9.59 Å². The summed E-state index contributed by atoms with van der Waals surface area (Å²) in [5.74, 6) is 2.30. The van der Waals surface area contributed by atoms with E-state index in [0.717, 1.165) is 16.7 Å². The van der Waals surface area contributed by atoms with Gasteiger partial charge >= 0.3 is 0 Å². The van der Waals surface area contributed by atoms with E-state index in [0.29, 0.717) is 47.2 Å². The third-order valence-electron chi connectivity index (χ3n) is 11.5. The Hall–Kier alpha value is -5.45. The number of amides is 1. The van der Waals surface area contributed by atoms with Gasteiger partial charge in [0, 0.05) is 29.7 Å². The molecule has 17 heteroatoms. The maximum absolute atomic E-state index is 13.1. The van der Waals surface area contributed by atoms with E-state index in [4.69, 9.17) is 32.7 Å². The Bertz CT molecular complexity index is 2520. The first-order chi connectivity index (χ1) is 33.2. The number of nitrogens with one attached hydrogen (secondary N) is 1. The van der Waals surface area contributed by atoms with Crippen LogP contribution in [0.4, 0.5) is 5.82 Å². The predicted octanol–water partition coefficient (Wildman–Crippen LogP) is 10.2. The number of hydrogen-bond acceptors (Lipinski definition) is 14. The molecule has 69 heavy (non-hydrogen) atoms. The normalized spacial score (nSPS) is 16.8. The summed E-state index contributed by atoms with van der Waals surface area (Å²) in [6.07, 6.45) is 1.52. The fraction of sp³-hybridized carbons (Fsp3) is 0.404. The van der Waals surface area contributed by atoms with Crippen LogP contribution in [0.15, 0.2) is 122 Å². The minimum atomic E-state index is -1.69. The quantitative estimate of drug-likeness (QED) is 0.0389. The van der Waals surface area contributed by atoms with Crippen LogP contribution >= 0.6 is 20.3 Å². The maximum Gasteiger partial charge on any atom is 0.263 e. The summed E-state index contributed by atoms with van der Waals surface area (Å²) < 4.78 is 49.3. The van der Waals surface area contributed by atoms with Gasteiger partial charge in [-0.15, -0.1) is 0 Å². The fourth-order valence-corrected chi connectivity index (χ4v) is 10.8. The molecule has 1 amide bonds. The molecule has 1 N–H and O–H groups in total. The zero-order valence-corrected chi connectivity index (χ0v) is 42.4. The number of carbonyl (C=O) groups is 2. The van der Waals surface area contributed by atoms with Crippen molar-refractivity contribution in [3.05, 3.63) is 139 Å². The lowest BCUT2D eigenvalue weighted by Gasteiger charge is -2.39. The van der Waals surface area contributed by atoms with Gasteiger partial charge in [-0.2, -0.15) is 0 Å². The Kier molecular flexibility index (Phi) is 17.5. The van der Waals surface area contributed by atoms with E-state index in [1.165, 1.54) is 18.1 Å². The summed E-state index contributed by atoms with van der Waals surface area (Å²) in [7, 11) is 1.59. The third kappa shape index (κ3) is 12.5. The lowest BCUT2D eigenvalue weighted by molar-refractivity contribution is -0.118. The summed E-state index contributed by atoms with van der Waals surface area (Å²) in [5.41, 5.74) is 1.85. The van der Waals surface area contributed by atoms with Crippen molar-refractivity contribution in [2.75, 3.05) is 45.1 Å². The van der Waals surface area contributed by atoms with E-state index in [2.05, 4.69) is 64.8 Å². The smallest absolute Gasteiger partial charge is 0.263 e. The highest BCUT2D eigenvalue weighted by molar-refractivity contribution is 8.13. The van der Waals surface area contributed by atoms with E-state index in [-0.39, 0.29) is 36.2 Å². The fourth-order valence-electron chi connectivity index (χ4n) is 8.11. The molecule has 1 aliphatic heterocycles. The Labute approximate surface area is 410 Å². The van der Waals surface area contributed by atoms with Crippen molar-refractivity contribution < 1.29 is 42.3 Å². The minimum absolute atomic E-state index is 0.0599. The number of ether oxygens (including phenoxy) is 5. The molecule has 15 nitrogen and oxygen atoms in total. The highest BCUT2D eigenvalue weighted by Gasteiger charge is 2.45. The van der Waals surface area contributed by atoms with Crippen LogP contribution in [0, 0.1) is 5.41 Å². The SMILES string of the molecule is COc1ccc(C(OC[C@H]2O[C@@H](n3cnc4c(NC(=O)COc5ccccc5)ncnc43)C[C@@H]2OP(OCCSC(=O)C(C)(C)C)N(C(C)C)C(C)C)(c2ccccc2)c2ccc(OC)cc2)cc1. The van der Waals surface area contributed by atoms with Gasteiger partial charge in [0.05, 0.1) is 39.9 Å². The maximum atomic E-state index is 13.1. The van der Waals surface area contributed by atoms with Crippen molar-refractivity contribution in [2.45, 2.75) is 91.0 Å². The van der Waals surface area contributed by atoms with Gasteiger partial charge in [0.15, 0.2) is 28.7 Å². The van der Waals surface area contributed by atoms with Crippen LogP contribution in [0.5, 0.6) is 17.2 Å². The van der Waals surface area contributed by atoms with Crippen molar-refractivity contribution in [2.24, 2.45) is 5.41 Å². The van der Waals surface area contributed by atoms with Crippen LogP contribution in [0.2, 0.25) is 0 Å². The molecule has 1 saturated heterocycles. The van der Waals surface area contributed by atoms with Gasteiger partial charge in [0.2, 0.25) is 0 Å². The van der Waals surface area contributed by atoms with E-state index in [1.807, 2.05) is 110 Å². The number of rotatable bonds is 22. The number of hydrogen-bond donors (Lipinski definition) is 1. The van der Waals surface area contributed by atoms with Crippen LogP contribution in [0.1, 0.15) is 77.8 Å². The lowest BCUT2D eigenvalue weighted by atomic mass is 9.80. The molecule has 7 rings (SSSR count). The van der Waals surface area contributed by atoms with Gasteiger partial charge in [-0.3, -0.25) is 14.2 Å². The van der Waals surface area contributed by atoms with Crippen LogP contribution in [-0.2, 0) is 33.7 Å². The molecule has 0 saturated carbocycles. The number of para-hydroxylation sites is 1. The number of methoxy groups -OCH3 is 2. The molecule has 1 fully saturated rings. The van der Waals surface area contributed by atoms with Crippen LogP contribution < -0.4 is 19.5 Å². The van der Waals surface area contributed by atoms with Crippen molar-refractivity contribution in [1.82, 2.24) is 24.2 Å². The van der Waals surface area contributed by atoms with Gasteiger partial charge in [-0.25, -0.2) is 19.6 Å². The number of benzene rings is 4. The number of aromatic nitrogens is 4. The summed E-state index contributed by atoms with van der Waals surface area (Å²) in [5, 5.41) is 2.94. The van der Waals surface area contributed by atoms with E-state index >= 15 is 0 Å². The Morgan fingerprint density at radius 1 is 0.812 bits per heavy atom. The van der Waals surface area contributed by atoms with Gasteiger partial charge in [0.1, 0.15) is 41.5 Å². The van der Waals surface area contributed by atoms with Crippen LogP contribution in [-0.4, -0.2) is 99.3 Å². The second-order valence-electron chi connectivity index (χ2n) is 18.0. The second-order valence-corrected chi connectivity index (χ2v) is 20.5. The molecule has 366 valence electrons. The number of imidazole rings is 1. The van der Waals surface area contributed by atoms with Crippen LogP contribution in [0.3, 0.4) is 0 Å². The van der Waals surface area contributed by atoms with Crippen molar-refractivity contribution in [3.8, 4) is 17.2 Å². The molecule has 6 aromatic rings. The number of carbonyl (C=O) groups excluding carboxylic acids is 2. The zero-order valence-electron chi connectivity index (χ0n) is 40.7. The lowest BCUT2D eigenvalue weighted by Crippen LogP contribution is -2.39. The summed E-state index contributed by atoms with van der Waals surface area (Å²) in [6, 6.07) is 35.1. The monoisotopic (exact) mass is 978 g/mol. The standard InChI is InChI=1S/C52H63N6O9PS/c1-35(2)58(36(3)4)68(65-28-29-69-50(60)51(5,6)7)67-43-30-46(57-34-55-47-48(53-33-54-49(47)57)56-45(59)32-63-42-18-14-11-15-19-42)66-44(43)31-64-52(37-16-12-10-13-17-37,38-20-24-40(61-8)25-21-38)39-22-26-41(62-9)27-23-39/h10-27,33-36,43-44,46H,28-32H2,1-9H3,(H,53,54,56,59)/t43-,44+,46+,68?/m0/s1. The number of thioether (sulfide) groups is 1. The molecule has 4 aromatic carbocycles. The number of fused-ring (bicyclic) bond motifs is 1. The highest BCUT2D eigenvalue weighted by atomic mass is 32.2. The molecule has 3 heterocycles. The predicted molar refractivity (Wildman–Crippen MR) is 269 cm³/mol. The van der Waals surface area contributed by atoms with Crippen molar-refractivity contribution in [3.63, 3.8) is 0 Å². The van der Waals surface area contributed by atoms with Gasteiger partial charge in [-0.05, 0) is 80.8 Å². The van der Waals surface area contributed by atoms with Crippen molar-refractivity contribution in [1.29, 1.82) is 0 Å². The number of nitrogens with zero attached hydrogens (tertiary/aromatic N) is 5. The van der Waals surface area contributed by atoms with Gasteiger partial charge in [-0.1, -0.05) is 105 Å². The molecule has 0 aliphatic carbocycles. The molecule has 1 aliphatic rings. The highest BCUT2D eigenvalue weighted by Crippen LogP contribution is 2.51. The average molecular weight is 979 g/mol. The Morgan fingerprint density at radius 3 is 1.99 bits per heavy atom. The molecular weight excluding hydrogens is 916 g/mol. The molecule has 0 radical (unpaired) electrons. The average Bonchev–Trinajstić information content (AvgIpc) is 3.97. The molecule has 0 spiro atoms. The van der Waals surface area contributed by atoms with Gasteiger partial charge in [0.25, 0.3) is 14.4 Å². The summed E-state index contributed by atoms with van der Waals surface area (Å²) in [4.78, 5) is 39.7. The third-order valence-corrected chi connectivity index (χ3v) is 14.9. The Balaban J connectivity index is 1.25. The first-order valence-electron chi connectivity index (χ1n) is 23.1. The first-order valence-corrected chi connectivity index (χ1v) is 25.2. The second kappa shape index (κ2) is 23.4. The zero-order chi connectivity index (χ0) is 49.1. The largest absolute Gasteiger partial charge is 0.497 e. The molecule has 1 unspecified atom stereocenters. The molecule has 4 atom stereocenters. The first kappa shape index (κ1) is 51.4. The van der Waals surface area contributed by atoms with E-state index < -0.39 is 43.9 Å². The van der Waals surface area contributed by atoms with Crippen LogP contribution in [0.25, 0.3) is 11.2 Å².